The summed E-state index contributed by atoms with van der Waals surface area (Å²) >= 11 is 6.07. The van der Waals surface area contributed by atoms with E-state index in [0.717, 1.165) is 34.3 Å². The fourth-order valence-electron chi connectivity index (χ4n) is 5.53. The molecule has 5 nitrogen and oxygen atoms in total. The lowest BCUT2D eigenvalue weighted by Gasteiger charge is -2.29. The number of carbonyl (C=O) groups excluding carboxylic acids is 1. The van der Waals surface area contributed by atoms with Crippen molar-refractivity contribution in [3.05, 3.63) is 131 Å². The van der Waals surface area contributed by atoms with Crippen LogP contribution in [0.1, 0.15) is 34.6 Å². The van der Waals surface area contributed by atoms with Crippen molar-refractivity contribution in [1.29, 1.82) is 0 Å². The molecule has 0 radical (unpaired) electrons. The minimum Gasteiger partial charge on any atom is -0.457 e. The molecule has 1 aliphatic heterocycles. The van der Waals surface area contributed by atoms with Gasteiger partial charge < -0.3 is 18.9 Å². The summed E-state index contributed by atoms with van der Waals surface area (Å²) in [6, 6.07) is 32.6. The van der Waals surface area contributed by atoms with Gasteiger partial charge in [0.15, 0.2) is 0 Å². The average Bonchev–Trinajstić information content (AvgIpc) is 3.36. The molecule has 0 aliphatic carbocycles. The van der Waals surface area contributed by atoms with Crippen LogP contribution >= 0.6 is 11.6 Å². The summed E-state index contributed by atoms with van der Waals surface area (Å²) in [5, 5.41) is 1.82. The summed E-state index contributed by atoms with van der Waals surface area (Å²) < 4.78 is 14.0. The van der Waals surface area contributed by atoms with E-state index in [0.29, 0.717) is 43.5 Å². The van der Waals surface area contributed by atoms with Gasteiger partial charge in [0.05, 0.1) is 13.2 Å². The highest BCUT2D eigenvalue weighted by Crippen LogP contribution is 2.37. The molecule has 6 rings (SSSR count). The summed E-state index contributed by atoms with van der Waals surface area (Å²) in [6.07, 6.45) is 2.59. The van der Waals surface area contributed by atoms with Crippen LogP contribution in [0, 0.1) is 6.92 Å². The first kappa shape index (κ1) is 27.1. The van der Waals surface area contributed by atoms with E-state index in [1.807, 2.05) is 41.3 Å². The molecule has 1 atom stereocenters. The van der Waals surface area contributed by atoms with Crippen molar-refractivity contribution in [2.24, 2.45) is 0 Å². The second-order valence-electron chi connectivity index (χ2n) is 10.6. The van der Waals surface area contributed by atoms with E-state index in [-0.39, 0.29) is 11.8 Å². The molecule has 41 heavy (non-hydrogen) atoms. The maximum atomic E-state index is 13.6. The van der Waals surface area contributed by atoms with Crippen molar-refractivity contribution in [1.82, 2.24) is 9.47 Å². The van der Waals surface area contributed by atoms with Gasteiger partial charge in [-0.15, -0.1) is 0 Å². The van der Waals surface area contributed by atoms with Gasteiger partial charge in [-0.25, -0.2) is 0 Å². The molecule has 4 aromatic carbocycles. The Balaban J connectivity index is 1.39. The van der Waals surface area contributed by atoms with Crippen LogP contribution in [0.15, 0.2) is 103 Å². The maximum Gasteiger partial charge on any atom is 0.223 e. The molecular formula is C35H33ClN2O3. The van der Waals surface area contributed by atoms with E-state index in [1.54, 1.807) is 0 Å². The minimum absolute atomic E-state index is 0.137. The zero-order valence-corrected chi connectivity index (χ0v) is 23.9. The Morgan fingerprint density at radius 3 is 2.44 bits per heavy atom. The molecule has 5 aromatic rings. The molecule has 1 fully saturated rings. The largest absolute Gasteiger partial charge is 0.457 e. The zero-order valence-electron chi connectivity index (χ0n) is 23.1. The Hall–Kier alpha value is -4.06. The van der Waals surface area contributed by atoms with Gasteiger partial charge in [0.25, 0.3) is 0 Å². The van der Waals surface area contributed by atoms with Crippen molar-refractivity contribution >= 4 is 28.4 Å². The predicted octanol–water partition coefficient (Wildman–Crippen LogP) is 7.82. The number of amides is 1. The summed E-state index contributed by atoms with van der Waals surface area (Å²) in [4.78, 5) is 15.6. The van der Waals surface area contributed by atoms with E-state index >= 15 is 0 Å². The smallest absolute Gasteiger partial charge is 0.223 e. The maximum absolute atomic E-state index is 13.6. The predicted molar refractivity (Wildman–Crippen MR) is 164 cm³/mol. The van der Waals surface area contributed by atoms with Gasteiger partial charge >= 0.3 is 0 Å². The topological polar surface area (TPSA) is 43.7 Å². The Morgan fingerprint density at radius 2 is 1.66 bits per heavy atom. The number of aromatic nitrogens is 1. The normalized spacial score (nSPS) is 14.2. The van der Waals surface area contributed by atoms with Gasteiger partial charge in [-0.3, -0.25) is 4.79 Å². The van der Waals surface area contributed by atoms with Crippen molar-refractivity contribution in [2.75, 3.05) is 26.3 Å². The highest BCUT2D eigenvalue weighted by Gasteiger charge is 2.26. The number of rotatable bonds is 8. The molecule has 2 heterocycles. The lowest BCUT2D eigenvalue weighted by atomic mass is 9.87. The molecule has 6 heteroatoms. The third-order valence-electron chi connectivity index (χ3n) is 7.72. The molecule has 0 saturated carbocycles. The Kier molecular flexibility index (Phi) is 8.08. The first-order chi connectivity index (χ1) is 20.0. The van der Waals surface area contributed by atoms with Crippen LogP contribution in [0.3, 0.4) is 0 Å². The molecule has 1 saturated heterocycles. The molecule has 0 bridgehead atoms. The third-order valence-corrected chi connectivity index (χ3v) is 7.97. The molecule has 0 unspecified atom stereocenters. The third kappa shape index (κ3) is 6.32. The summed E-state index contributed by atoms with van der Waals surface area (Å²) in [6.45, 7) is 5.27. The monoisotopic (exact) mass is 564 g/mol. The van der Waals surface area contributed by atoms with Crippen molar-refractivity contribution in [3.8, 4) is 11.5 Å². The number of fused-ring (bicyclic) bond motifs is 1. The van der Waals surface area contributed by atoms with Crippen LogP contribution < -0.4 is 4.74 Å². The molecular weight excluding hydrogens is 532 g/mol. The Morgan fingerprint density at radius 1 is 0.902 bits per heavy atom. The number of hydrogen-bond acceptors (Lipinski definition) is 3. The quantitative estimate of drug-likeness (QED) is 0.193. The number of morpholine rings is 1. The number of halogens is 1. The average molecular weight is 565 g/mol. The van der Waals surface area contributed by atoms with Gasteiger partial charge in [-0.1, -0.05) is 71.8 Å². The van der Waals surface area contributed by atoms with Crippen LogP contribution in [-0.4, -0.2) is 41.7 Å². The lowest BCUT2D eigenvalue weighted by molar-refractivity contribution is -0.135. The second-order valence-corrected chi connectivity index (χ2v) is 11.0. The fraction of sp³-hybridized carbons (Fsp3) is 0.229. The van der Waals surface area contributed by atoms with Crippen molar-refractivity contribution < 1.29 is 14.3 Å². The van der Waals surface area contributed by atoms with Gasteiger partial charge in [-0.2, -0.15) is 0 Å². The Bertz CT molecular complexity index is 1640. The number of hydrogen-bond donors (Lipinski definition) is 0. The number of ether oxygens (including phenoxy) is 2. The minimum atomic E-state index is -0.150. The highest BCUT2D eigenvalue weighted by atomic mass is 35.5. The molecule has 0 spiro atoms. The van der Waals surface area contributed by atoms with Gasteiger partial charge in [0.1, 0.15) is 11.5 Å². The SMILES string of the molecule is Cc1ccc(Cn2cc([C@@H](CC(=O)N3CCOCC3)c3cccc(Oc4ccc(Cl)cc4)c3)c3ccccc32)cc1. The number of aryl methyl sites for hydroxylation is 1. The number of nitrogens with zero attached hydrogens (tertiary/aromatic N) is 2. The standard InChI is InChI=1S/C35H33ClN2O3/c1-25-9-11-26(12-10-25)23-38-24-33(31-7-2-3-8-34(31)38)32(22-35(39)37-17-19-40-20-18-37)27-5-4-6-30(21-27)41-29-15-13-28(36)14-16-29/h2-16,21,24,32H,17-20,22-23H2,1H3/t32-/m0/s1. The second kappa shape index (κ2) is 12.2. The molecule has 0 N–H and O–H groups in total. The van der Waals surface area contributed by atoms with Gasteiger partial charge in [-0.05, 0) is 66.1 Å². The number of benzene rings is 4. The van der Waals surface area contributed by atoms with E-state index in [2.05, 4.69) is 78.4 Å². The highest BCUT2D eigenvalue weighted by molar-refractivity contribution is 6.30. The van der Waals surface area contributed by atoms with Gasteiger partial charge in [0, 0.05) is 54.1 Å². The van der Waals surface area contributed by atoms with E-state index in [9.17, 15) is 4.79 Å². The van der Waals surface area contributed by atoms with Crippen LogP contribution in [0.25, 0.3) is 10.9 Å². The molecule has 208 valence electrons. The van der Waals surface area contributed by atoms with Gasteiger partial charge in [0.2, 0.25) is 5.91 Å². The summed E-state index contributed by atoms with van der Waals surface area (Å²) in [7, 11) is 0. The zero-order chi connectivity index (χ0) is 28.2. The van der Waals surface area contributed by atoms with Crippen LogP contribution in [0.2, 0.25) is 5.02 Å². The van der Waals surface area contributed by atoms with E-state index in [4.69, 9.17) is 21.1 Å². The molecule has 1 aromatic heterocycles. The first-order valence-electron chi connectivity index (χ1n) is 14.1. The summed E-state index contributed by atoms with van der Waals surface area (Å²) in [5.74, 6) is 1.42. The fourth-order valence-corrected chi connectivity index (χ4v) is 5.66. The lowest BCUT2D eigenvalue weighted by Crippen LogP contribution is -2.41. The van der Waals surface area contributed by atoms with E-state index in [1.165, 1.54) is 11.1 Å². The van der Waals surface area contributed by atoms with Crippen molar-refractivity contribution in [2.45, 2.75) is 25.8 Å². The van der Waals surface area contributed by atoms with E-state index < -0.39 is 0 Å². The van der Waals surface area contributed by atoms with Crippen LogP contribution in [-0.2, 0) is 16.1 Å². The van der Waals surface area contributed by atoms with Crippen LogP contribution in [0.4, 0.5) is 0 Å². The van der Waals surface area contributed by atoms with Crippen LogP contribution in [0.5, 0.6) is 11.5 Å². The molecule has 1 amide bonds. The number of para-hydroxylation sites is 1. The Labute approximate surface area is 245 Å². The first-order valence-corrected chi connectivity index (χ1v) is 14.4. The van der Waals surface area contributed by atoms with Crippen molar-refractivity contribution in [3.63, 3.8) is 0 Å². The molecule has 1 aliphatic rings. The number of carbonyl (C=O) groups is 1. The summed E-state index contributed by atoms with van der Waals surface area (Å²) in [5.41, 5.74) is 5.81.